The van der Waals surface area contributed by atoms with E-state index in [1.807, 2.05) is 6.92 Å². The Morgan fingerprint density at radius 1 is 1.26 bits per heavy atom. The van der Waals surface area contributed by atoms with Gasteiger partial charge in [-0.2, -0.15) is 0 Å². The zero-order valence-corrected chi connectivity index (χ0v) is 12.1. The Hall–Kier alpha value is -1.26. The van der Waals surface area contributed by atoms with Gasteiger partial charge in [-0.1, -0.05) is 0 Å². The SMILES string of the molecule is Cc1cc2c(cc1CN(C)CCC(C)N)OCCO2. The number of hydrogen-bond acceptors (Lipinski definition) is 4. The van der Waals surface area contributed by atoms with E-state index in [0.717, 1.165) is 31.0 Å². The quantitative estimate of drug-likeness (QED) is 0.883. The molecule has 0 aliphatic carbocycles. The second-order valence-electron chi connectivity index (χ2n) is 5.43. The van der Waals surface area contributed by atoms with Gasteiger partial charge in [0.1, 0.15) is 13.2 Å². The minimum Gasteiger partial charge on any atom is -0.486 e. The third-order valence-electron chi connectivity index (χ3n) is 3.41. The highest BCUT2D eigenvalue weighted by Crippen LogP contribution is 2.33. The lowest BCUT2D eigenvalue weighted by Crippen LogP contribution is -2.26. The number of rotatable bonds is 5. The van der Waals surface area contributed by atoms with E-state index >= 15 is 0 Å². The first kappa shape index (κ1) is 14.2. The van der Waals surface area contributed by atoms with Crippen molar-refractivity contribution in [2.45, 2.75) is 32.9 Å². The second kappa shape index (κ2) is 6.26. The van der Waals surface area contributed by atoms with Crippen molar-refractivity contribution in [1.82, 2.24) is 4.90 Å². The van der Waals surface area contributed by atoms with Crippen LogP contribution in [0.4, 0.5) is 0 Å². The number of hydrogen-bond donors (Lipinski definition) is 1. The average Bonchev–Trinajstić information content (AvgIpc) is 2.37. The van der Waals surface area contributed by atoms with Crippen molar-refractivity contribution < 1.29 is 9.47 Å². The van der Waals surface area contributed by atoms with Crippen LogP contribution in [0.3, 0.4) is 0 Å². The smallest absolute Gasteiger partial charge is 0.161 e. The molecule has 1 aromatic carbocycles. The van der Waals surface area contributed by atoms with Crippen LogP contribution < -0.4 is 15.2 Å². The van der Waals surface area contributed by atoms with E-state index in [0.29, 0.717) is 13.2 Å². The molecule has 1 aliphatic heterocycles. The van der Waals surface area contributed by atoms with Crippen LogP contribution in [0.2, 0.25) is 0 Å². The summed E-state index contributed by atoms with van der Waals surface area (Å²) < 4.78 is 11.2. The first-order valence-electron chi connectivity index (χ1n) is 6.89. The van der Waals surface area contributed by atoms with Crippen LogP contribution in [0.25, 0.3) is 0 Å². The predicted molar refractivity (Wildman–Crippen MR) is 76.8 cm³/mol. The highest BCUT2D eigenvalue weighted by Gasteiger charge is 2.15. The minimum absolute atomic E-state index is 0.254. The van der Waals surface area contributed by atoms with Crippen molar-refractivity contribution in [3.05, 3.63) is 23.3 Å². The number of ether oxygens (including phenoxy) is 2. The summed E-state index contributed by atoms with van der Waals surface area (Å²) in [5.41, 5.74) is 8.33. The zero-order chi connectivity index (χ0) is 13.8. The lowest BCUT2D eigenvalue weighted by molar-refractivity contribution is 0.171. The van der Waals surface area contributed by atoms with E-state index in [9.17, 15) is 0 Å². The third kappa shape index (κ3) is 3.85. The van der Waals surface area contributed by atoms with Crippen LogP contribution >= 0.6 is 0 Å². The highest BCUT2D eigenvalue weighted by atomic mass is 16.6. The largest absolute Gasteiger partial charge is 0.486 e. The number of nitrogens with two attached hydrogens (primary N) is 1. The molecule has 106 valence electrons. The molecule has 0 amide bonds. The van der Waals surface area contributed by atoms with Gasteiger partial charge in [0.05, 0.1) is 0 Å². The normalized spacial score (nSPS) is 15.6. The Morgan fingerprint density at radius 2 is 1.89 bits per heavy atom. The summed E-state index contributed by atoms with van der Waals surface area (Å²) in [5, 5.41) is 0. The summed E-state index contributed by atoms with van der Waals surface area (Å²) in [5.74, 6) is 1.73. The van der Waals surface area contributed by atoms with E-state index in [2.05, 4.69) is 31.0 Å². The lowest BCUT2D eigenvalue weighted by Gasteiger charge is -2.23. The topological polar surface area (TPSA) is 47.7 Å². The molecule has 4 nitrogen and oxygen atoms in total. The van der Waals surface area contributed by atoms with E-state index in [4.69, 9.17) is 15.2 Å². The van der Waals surface area contributed by atoms with Crippen LogP contribution in [-0.4, -0.2) is 37.7 Å². The monoisotopic (exact) mass is 264 g/mol. The number of fused-ring (bicyclic) bond motifs is 1. The molecule has 0 fully saturated rings. The molecule has 0 spiro atoms. The Labute approximate surface area is 115 Å². The maximum Gasteiger partial charge on any atom is 0.161 e. The van der Waals surface area contributed by atoms with Crippen molar-refractivity contribution in [2.24, 2.45) is 5.73 Å². The summed E-state index contributed by atoms with van der Waals surface area (Å²) in [6.45, 7) is 7.35. The summed E-state index contributed by atoms with van der Waals surface area (Å²) >= 11 is 0. The minimum atomic E-state index is 0.254. The van der Waals surface area contributed by atoms with Crippen molar-refractivity contribution in [3.63, 3.8) is 0 Å². The Balaban J connectivity index is 2.03. The second-order valence-corrected chi connectivity index (χ2v) is 5.43. The summed E-state index contributed by atoms with van der Waals surface area (Å²) in [6, 6.07) is 4.43. The number of nitrogens with zero attached hydrogens (tertiary/aromatic N) is 1. The third-order valence-corrected chi connectivity index (χ3v) is 3.41. The maximum atomic E-state index is 5.79. The average molecular weight is 264 g/mol. The molecular weight excluding hydrogens is 240 g/mol. The summed E-state index contributed by atoms with van der Waals surface area (Å²) in [4.78, 5) is 2.29. The highest BCUT2D eigenvalue weighted by molar-refractivity contribution is 5.47. The van der Waals surface area contributed by atoms with Crippen LogP contribution in [0.15, 0.2) is 12.1 Å². The molecule has 2 N–H and O–H groups in total. The van der Waals surface area contributed by atoms with E-state index in [-0.39, 0.29) is 6.04 Å². The zero-order valence-electron chi connectivity index (χ0n) is 12.1. The van der Waals surface area contributed by atoms with Crippen molar-refractivity contribution in [2.75, 3.05) is 26.8 Å². The molecule has 4 heteroatoms. The fraction of sp³-hybridized carbons (Fsp3) is 0.600. The van der Waals surface area contributed by atoms with Crippen molar-refractivity contribution in [3.8, 4) is 11.5 Å². The van der Waals surface area contributed by atoms with Crippen LogP contribution in [0.5, 0.6) is 11.5 Å². The molecule has 1 aliphatic rings. The van der Waals surface area contributed by atoms with Gasteiger partial charge in [-0.05, 0) is 57.1 Å². The molecule has 1 aromatic rings. The van der Waals surface area contributed by atoms with E-state index in [1.54, 1.807) is 0 Å². The predicted octanol–water partition coefficient (Wildman–Crippen LogP) is 1.94. The molecule has 0 radical (unpaired) electrons. The van der Waals surface area contributed by atoms with Gasteiger partial charge in [0.25, 0.3) is 0 Å². The van der Waals surface area contributed by atoms with E-state index in [1.165, 1.54) is 11.1 Å². The van der Waals surface area contributed by atoms with Crippen molar-refractivity contribution >= 4 is 0 Å². The van der Waals surface area contributed by atoms with Crippen LogP contribution in [0.1, 0.15) is 24.5 Å². The molecular formula is C15H24N2O2. The fourth-order valence-electron chi connectivity index (χ4n) is 2.20. The summed E-state index contributed by atoms with van der Waals surface area (Å²) in [7, 11) is 2.12. The van der Waals surface area contributed by atoms with Gasteiger partial charge in [-0.3, -0.25) is 0 Å². The standard InChI is InChI=1S/C15H24N2O2/c1-11-8-14-15(19-7-6-18-14)9-13(11)10-17(3)5-4-12(2)16/h8-9,12H,4-7,10,16H2,1-3H3. The molecule has 0 saturated carbocycles. The Bertz CT molecular complexity index is 432. The first-order chi connectivity index (χ1) is 9.06. The van der Waals surface area contributed by atoms with Crippen LogP contribution in [-0.2, 0) is 6.54 Å². The Kier molecular flexibility index (Phi) is 4.66. The molecule has 1 atom stereocenters. The number of benzene rings is 1. The van der Waals surface area contributed by atoms with E-state index < -0.39 is 0 Å². The molecule has 0 aromatic heterocycles. The molecule has 0 bridgehead atoms. The van der Waals surface area contributed by atoms with Gasteiger partial charge in [0, 0.05) is 12.6 Å². The first-order valence-corrected chi connectivity index (χ1v) is 6.89. The summed E-state index contributed by atoms with van der Waals surface area (Å²) in [6.07, 6.45) is 1.01. The molecule has 1 heterocycles. The molecule has 19 heavy (non-hydrogen) atoms. The Morgan fingerprint density at radius 3 is 2.53 bits per heavy atom. The van der Waals surface area contributed by atoms with Gasteiger partial charge in [-0.25, -0.2) is 0 Å². The van der Waals surface area contributed by atoms with Gasteiger partial charge in [0.2, 0.25) is 0 Å². The maximum absolute atomic E-state index is 5.79. The van der Waals surface area contributed by atoms with Gasteiger partial charge >= 0.3 is 0 Å². The lowest BCUT2D eigenvalue weighted by atomic mass is 10.1. The molecule has 2 rings (SSSR count). The van der Waals surface area contributed by atoms with Gasteiger partial charge in [-0.15, -0.1) is 0 Å². The fourth-order valence-corrected chi connectivity index (χ4v) is 2.20. The van der Waals surface area contributed by atoms with Gasteiger partial charge in [0.15, 0.2) is 11.5 Å². The number of aryl methyl sites for hydroxylation is 1. The van der Waals surface area contributed by atoms with Gasteiger partial charge < -0.3 is 20.1 Å². The van der Waals surface area contributed by atoms with Crippen molar-refractivity contribution in [1.29, 1.82) is 0 Å². The van der Waals surface area contributed by atoms with Crippen LogP contribution in [0, 0.1) is 6.92 Å². The molecule has 0 saturated heterocycles. The molecule has 1 unspecified atom stereocenters.